The Balaban J connectivity index is 2.06. The molecule has 20 heavy (non-hydrogen) atoms. The molecule has 2 aliphatic rings. The first-order valence-corrected chi connectivity index (χ1v) is 8.07. The zero-order valence-corrected chi connectivity index (χ0v) is 13.0. The van der Waals surface area contributed by atoms with Crippen molar-refractivity contribution in [2.75, 3.05) is 6.54 Å². The number of rotatable bonds is 3. The summed E-state index contributed by atoms with van der Waals surface area (Å²) in [5.74, 6) is 1.36. The average molecular weight is 280 g/mol. The zero-order chi connectivity index (χ0) is 14.7. The molecule has 0 aromatic rings. The van der Waals surface area contributed by atoms with Crippen molar-refractivity contribution < 1.29 is 9.59 Å². The van der Waals surface area contributed by atoms with E-state index in [1.165, 1.54) is 12.8 Å². The first-order valence-electron chi connectivity index (χ1n) is 8.07. The van der Waals surface area contributed by atoms with Gasteiger partial charge in [-0.25, -0.2) is 0 Å². The normalized spacial score (nSPS) is 32.2. The van der Waals surface area contributed by atoms with Crippen LogP contribution < -0.4 is 5.32 Å². The molecule has 2 amide bonds. The summed E-state index contributed by atoms with van der Waals surface area (Å²) >= 11 is 0. The van der Waals surface area contributed by atoms with E-state index in [1.54, 1.807) is 0 Å². The Kier molecular flexibility index (Phi) is 5.06. The highest BCUT2D eigenvalue weighted by atomic mass is 16.2. The summed E-state index contributed by atoms with van der Waals surface area (Å²) in [5.41, 5.74) is 0. The molecular weight excluding hydrogens is 252 g/mol. The van der Waals surface area contributed by atoms with E-state index in [1.807, 2.05) is 4.90 Å². The van der Waals surface area contributed by atoms with Crippen molar-refractivity contribution in [3.05, 3.63) is 0 Å². The predicted molar refractivity (Wildman–Crippen MR) is 79.1 cm³/mol. The molecule has 1 N–H and O–H groups in total. The molecule has 1 atom stereocenters. The molecule has 114 valence electrons. The van der Waals surface area contributed by atoms with Gasteiger partial charge in [0.15, 0.2) is 0 Å². The summed E-state index contributed by atoms with van der Waals surface area (Å²) < 4.78 is 0. The number of nitrogens with one attached hydrogen (secondary N) is 1. The molecule has 2 rings (SSSR count). The third-order valence-corrected chi connectivity index (χ3v) is 4.63. The topological polar surface area (TPSA) is 49.4 Å². The van der Waals surface area contributed by atoms with Gasteiger partial charge in [-0.3, -0.25) is 9.59 Å². The van der Waals surface area contributed by atoms with Crippen molar-refractivity contribution in [3.63, 3.8) is 0 Å². The van der Waals surface area contributed by atoms with Crippen molar-refractivity contribution >= 4 is 11.8 Å². The van der Waals surface area contributed by atoms with Crippen LogP contribution >= 0.6 is 0 Å². The van der Waals surface area contributed by atoms with E-state index >= 15 is 0 Å². The van der Waals surface area contributed by atoms with Crippen LogP contribution in [-0.2, 0) is 9.59 Å². The number of carbonyl (C=O) groups is 2. The van der Waals surface area contributed by atoms with Crippen LogP contribution in [0.2, 0.25) is 0 Å². The molecule has 1 aliphatic heterocycles. The fourth-order valence-electron chi connectivity index (χ4n) is 3.41. The van der Waals surface area contributed by atoms with Gasteiger partial charge in [0.2, 0.25) is 11.8 Å². The van der Waals surface area contributed by atoms with E-state index < -0.39 is 0 Å². The third kappa shape index (κ3) is 3.74. The van der Waals surface area contributed by atoms with Gasteiger partial charge in [0.25, 0.3) is 0 Å². The molecule has 1 unspecified atom stereocenters. The van der Waals surface area contributed by atoms with Crippen LogP contribution in [0.5, 0.6) is 0 Å². The molecule has 0 aromatic heterocycles. The quantitative estimate of drug-likeness (QED) is 0.862. The maximum Gasteiger partial charge on any atom is 0.245 e. The van der Waals surface area contributed by atoms with Crippen LogP contribution in [0.4, 0.5) is 0 Å². The molecule has 4 nitrogen and oxygen atoms in total. The van der Waals surface area contributed by atoms with E-state index in [2.05, 4.69) is 26.1 Å². The van der Waals surface area contributed by atoms with Gasteiger partial charge in [0.05, 0.1) is 0 Å². The van der Waals surface area contributed by atoms with E-state index in [4.69, 9.17) is 0 Å². The second kappa shape index (κ2) is 6.59. The minimum absolute atomic E-state index is 0.0238. The Morgan fingerprint density at radius 1 is 1.20 bits per heavy atom. The maximum absolute atomic E-state index is 12.7. The third-order valence-electron chi connectivity index (χ3n) is 4.63. The summed E-state index contributed by atoms with van der Waals surface area (Å²) in [7, 11) is 0. The summed E-state index contributed by atoms with van der Waals surface area (Å²) in [6.45, 7) is 7.07. The Morgan fingerprint density at radius 2 is 1.85 bits per heavy atom. The van der Waals surface area contributed by atoms with Gasteiger partial charge < -0.3 is 10.2 Å². The number of carbonyl (C=O) groups excluding carboxylic acids is 2. The average Bonchev–Trinajstić information content (AvgIpc) is 2.51. The molecular formula is C16H28N2O2. The zero-order valence-electron chi connectivity index (χ0n) is 13.0. The summed E-state index contributed by atoms with van der Waals surface area (Å²) in [5, 5.41) is 2.91. The maximum atomic E-state index is 12.7. The number of hydrogen-bond acceptors (Lipinski definition) is 2. The van der Waals surface area contributed by atoms with E-state index in [0.717, 1.165) is 25.2 Å². The van der Waals surface area contributed by atoms with E-state index in [0.29, 0.717) is 24.9 Å². The first kappa shape index (κ1) is 15.3. The molecule has 0 radical (unpaired) electrons. The number of amides is 2. The molecule has 2 fully saturated rings. The fourth-order valence-corrected chi connectivity index (χ4v) is 3.41. The predicted octanol–water partition coefficient (Wildman–Crippen LogP) is 2.33. The Hall–Kier alpha value is -1.06. The van der Waals surface area contributed by atoms with E-state index in [9.17, 15) is 9.59 Å². The van der Waals surface area contributed by atoms with Crippen molar-refractivity contribution in [1.82, 2.24) is 10.2 Å². The van der Waals surface area contributed by atoms with Gasteiger partial charge in [-0.2, -0.15) is 0 Å². The van der Waals surface area contributed by atoms with Crippen molar-refractivity contribution in [1.29, 1.82) is 0 Å². The molecule has 0 bridgehead atoms. The highest BCUT2D eigenvalue weighted by molar-refractivity contribution is 5.90. The lowest BCUT2D eigenvalue weighted by Crippen LogP contribution is -2.49. The molecule has 1 aliphatic carbocycles. The molecule has 0 aromatic carbocycles. The minimum Gasteiger partial charge on any atom is -0.344 e. The Morgan fingerprint density at radius 3 is 2.45 bits per heavy atom. The molecule has 1 heterocycles. The lowest BCUT2D eigenvalue weighted by Gasteiger charge is -2.36. The lowest BCUT2D eigenvalue weighted by atomic mass is 9.86. The van der Waals surface area contributed by atoms with Crippen LogP contribution in [0, 0.1) is 11.8 Å². The van der Waals surface area contributed by atoms with Gasteiger partial charge in [-0.05, 0) is 43.9 Å². The van der Waals surface area contributed by atoms with Crippen molar-refractivity contribution in [3.8, 4) is 0 Å². The van der Waals surface area contributed by atoms with Crippen LogP contribution in [0.25, 0.3) is 0 Å². The first-order chi connectivity index (χ1) is 9.47. The summed E-state index contributed by atoms with van der Waals surface area (Å²) in [6, 6.07) is 0.0328. The standard InChI is InChI=1S/C16H28N2O2/c1-11(2)10-14-16(20)18(9-8-15(19)17-14)13-6-4-12(3)5-7-13/h11-14H,4-10H2,1-3H3,(H,17,19). The molecule has 1 saturated heterocycles. The highest BCUT2D eigenvalue weighted by Gasteiger charge is 2.35. The summed E-state index contributed by atoms with van der Waals surface area (Å²) in [4.78, 5) is 26.5. The molecule has 0 spiro atoms. The number of nitrogens with zero attached hydrogens (tertiary/aromatic N) is 1. The van der Waals surface area contributed by atoms with Gasteiger partial charge in [0, 0.05) is 19.0 Å². The van der Waals surface area contributed by atoms with Crippen LogP contribution in [-0.4, -0.2) is 35.3 Å². The SMILES string of the molecule is CC(C)CC1NC(=O)CCN(C2CCC(C)CC2)C1=O. The second-order valence-corrected chi connectivity index (χ2v) is 6.94. The summed E-state index contributed by atoms with van der Waals surface area (Å²) in [6.07, 6.45) is 5.77. The Bertz CT molecular complexity index is 359. The molecule has 4 heteroatoms. The minimum atomic E-state index is -0.315. The lowest BCUT2D eigenvalue weighted by molar-refractivity contribution is -0.136. The van der Waals surface area contributed by atoms with Crippen LogP contribution in [0.15, 0.2) is 0 Å². The smallest absolute Gasteiger partial charge is 0.245 e. The van der Waals surface area contributed by atoms with Crippen LogP contribution in [0.3, 0.4) is 0 Å². The Labute approximate surface area is 122 Å². The highest BCUT2D eigenvalue weighted by Crippen LogP contribution is 2.28. The second-order valence-electron chi connectivity index (χ2n) is 6.94. The largest absolute Gasteiger partial charge is 0.344 e. The van der Waals surface area contributed by atoms with E-state index in [-0.39, 0.29) is 17.9 Å². The monoisotopic (exact) mass is 280 g/mol. The van der Waals surface area contributed by atoms with Gasteiger partial charge in [-0.15, -0.1) is 0 Å². The number of hydrogen-bond donors (Lipinski definition) is 1. The van der Waals surface area contributed by atoms with Crippen molar-refractivity contribution in [2.24, 2.45) is 11.8 Å². The van der Waals surface area contributed by atoms with Crippen molar-refractivity contribution in [2.45, 2.75) is 71.4 Å². The van der Waals surface area contributed by atoms with Crippen LogP contribution in [0.1, 0.15) is 59.3 Å². The van der Waals surface area contributed by atoms with Gasteiger partial charge in [0.1, 0.15) is 6.04 Å². The fraction of sp³-hybridized carbons (Fsp3) is 0.875. The van der Waals surface area contributed by atoms with Gasteiger partial charge >= 0.3 is 0 Å². The van der Waals surface area contributed by atoms with Gasteiger partial charge in [-0.1, -0.05) is 20.8 Å². The molecule has 1 saturated carbocycles.